The molecular formula is C19H26N4O2S. The Labute approximate surface area is 157 Å². The van der Waals surface area contributed by atoms with Crippen LogP contribution >= 0.6 is 11.8 Å². The SMILES string of the molecule is Cn1ccnc1SCc1ccc(C(=O)NC2C3CCCC2CC(N)C3)o1. The average Bonchev–Trinajstić information content (AvgIpc) is 3.23. The van der Waals surface area contributed by atoms with E-state index in [9.17, 15) is 4.79 Å². The van der Waals surface area contributed by atoms with Crippen LogP contribution in [-0.4, -0.2) is 27.5 Å². The maximum atomic E-state index is 12.7. The highest BCUT2D eigenvalue weighted by molar-refractivity contribution is 7.98. The van der Waals surface area contributed by atoms with Gasteiger partial charge in [0.05, 0.1) is 5.75 Å². The minimum atomic E-state index is -0.101. The molecular weight excluding hydrogens is 348 g/mol. The number of carbonyl (C=O) groups excluding carboxylic acids is 1. The quantitative estimate of drug-likeness (QED) is 0.786. The number of rotatable bonds is 5. The second-order valence-electron chi connectivity index (χ2n) is 7.56. The van der Waals surface area contributed by atoms with Crippen molar-refractivity contribution in [2.75, 3.05) is 0 Å². The Morgan fingerprint density at radius 1 is 1.38 bits per heavy atom. The summed E-state index contributed by atoms with van der Waals surface area (Å²) in [6, 6.07) is 4.18. The molecule has 2 aromatic heterocycles. The number of aromatic nitrogens is 2. The van der Waals surface area contributed by atoms with E-state index < -0.39 is 0 Å². The number of imidazole rings is 1. The molecule has 0 aromatic carbocycles. The maximum absolute atomic E-state index is 12.7. The van der Waals surface area contributed by atoms with Crippen LogP contribution in [0.5, 0.6) is 0 Å². The zero-order valence-corrected chi connectivity index (χ0v) is 15.9. The molecule has 6 nitrogen and oxygen atoms in total. The summed E-state index contributed by atoms with van der Waals surface area (Å²) in [5.74, 6) is 2.75. The van der Waals surface area contributed by atoms with Crippen LogP contribution in [0.4, 0.5) is 0 Å². The van der Waals surface area contributed by atoms with Crippen molar-refractivity contribution in [3.05, 3.63) is 36.0 Å². The summed E-state index contributed by atoms with van der Waals surface area (Å²) in [5.41, 5.74) is 6.18. The number of thioether (sulfide) groups is 1. The highest BCUT2D eigenvalue weighted by atomic mass is 32.2. The number of fused-ring (bicyclic) bond motifs is 2. The van der Waals surface area contributed by atoms with Crippen LogP contribution in [0.2, 0.25) is 0 Å². The zero-order chi connectivity index (χ0) is 18.1. The molecule has 4 rings (SSSR count). The number of nitrogens with zero attached hydrogens (tertiary/aromatic N) is 2. The molecule has 0 aliphatic heterocycles. The van der Waals surface area contributed by atoms with Crippen LogP contribution in [-0.2, 0) is 12.8 Å². The Kier molecular flexibility index (Phi) is 5.09. The summed E-state index contributed by atoms with van der Waals surface area (Å²) in [6.45, 7) is 0. The molecule has 2 fully saturated rings. The monoisotopic (exact) mass is 374 g/mol. The Balaban J connectivity index is 1.36. The van der Waals surface area contributed by atoms with E-state index in [1.807, 2.05) is 23.9 Å². The van der Waals surface area contributed by atoms with Gasteiger partial charge in [0, 0.05) is 31.5 Å². The van der Waals surface area contributed by atoms with Gasteiger partial charge in [0.15, 0.2) is 10.9 Å². The van der Waals surface area contributed by atoms with Gasteiger partial charge in [0.1, 0.15) is 5.76 Å². The van der Waals surface area contributed by atoms with Crippen LogP contribution in [0.25, 0.3) is 0 Å². The van der Waals surface area contributed by atoms with Gasteiger partial charge in [0.25, 0.3) is 5.91 Å². The molecule has 2 aromatic rings. The molecule has 0 saturated heterocycles. The number of nitrogens with two attached hydrogens (primary N) is 1. The lowest BCUT2D eigenvalue weighted by molar-refractivity contribution is 0.0731. The number of furan rings is 1. The minimum absolute atomic E-state index is 0.101. The molecule has 0 radical (unpaired) electrons. The Morgan fingerprint density at radius 3 is 2.85 bits per heavy atom. The van der Waals surface area contributed by atoms with Crippen LogP contribution < -0.4 is 11.1 Å². The topological polar surface area (TPSA) is 86.1 Å². The van der Waals surface area contributed by atoms with Gasteiger partial charge in [-0.1, -0.05) is 18.2 Å². The van der Waals surface area contributed by atoms with Crippen molar-refractivity contribution in [3.63, 3.8) is 0 Å². The van der Waals surface area contributed by atoms with Gasteiger partial charge in [-0.25, -0.2) is 4.98 Å². The molecule has 2 saturated carbocycles. The number of hydrogen-bond donors (Lipinski definition) is 2. The van der Waals surface area contributed by atoms with E-state index in [1.54, 1.807) is 24.0 Å². The highest BCUT2D eigenvalue weighted by Crippen LogP contribution is 2.39. The second-order valence-corrected chi connectivity index (χ2v) is 8.50. The van der Waals surface area contributed by atoms with Crippen molar-refractivity contribution in [2.45, 2.75) is 55.1 Å². The fraction of sp³-hybridized carbons (Fsp3) is 0.579. The van der Waals surface area contributed by atoms with Gasteiger partial charge in [0.2, 0.25) is 0 Å². The molecule has 7 heteroatoms. The number of carbonyl (C=O) groups is 1. The van der Waals surface area contributed by atoms with Gasteiger partial charge in [-0.05, 0) is 49.7 Å². The number of amides is 1. The Morgan fingerprint density at radius 2 is 2.15 bits per heavy atom. The fourth-order valence-corrected chi connectivity index (χ4v) is 5.28. The van der Waals surface area contributed by atoms with Crippen molar-refractivity contribution in [1.29, 1.82) is 0 Å². The van der Waals surface area contributed by atoms with Crippen molar-refractivity contribution in [2.24, 2.45) is 24.6 Å². The van der Waals surface area contributed by atoms with Crippen molar-refractivity contribution < 1.29 is 9.21 Å². The molecule has 1 amide bonds. The molecule has 26 heavy (non-hydrogen) atoms. The van der Waals surface area contributed by atoms with Crippen LogP contribution in [0, 0.1) is 11.8 Å². The van der Waals surface area contributed by atoms with Crippen molar-refractivity contribution >= 4 is 17.7 Å². The third-order valence-electron chi connectivity index (χ3n) is 5.68. The van der Waals surface area contributed by atoms with Crippen LogP contribution in [0.15, 0.2) is 34.1 Å². The third kappa shape index (κ3) is 3.69. The van der Waals surface area contributed by atoms with E-state index in [2.05, 4.69) is 10.3 Å². The third-order valence-corrected chi connectivity index (χ3v) is 6.76. The molecule has 2 unspecified atom stereocenters. The summed E-state index contributed by atoms with van der Waals surface area (Å²) in [5, 5.41) is 4.17. The molecule has 3 N–H and O–H groups in total. The minimum Gasteiger partial charge on any atom is -0.455 e. The van der Waals surface area contributed by atoms with E-state index in [4.69, 9.17) is 10.2 Å². The first kappa shape index (κ1) is 17.7. The number of hydrogen-bond acceptors (Lipinski definition) is 5. The summed E-state index contributed by atoms with van der Waals surface area (Å²) in [6.07, 6.45) is 9.31. The van der Waals surface area contributed by atoms with Gasteiger partial charge in [-0.15, -0.1) is 0 Å². The number of nitrogens with one attached hydrogen (secondary N) is 1. The standard InChI is InChI=1S/C19H26N4O2S/c1-23-8-7-21-19(23)26-11-15-5-6-16(25-15)18(24)22-17-12-3-2-4-13(17)10-14(20)9-12/h5-8,12-14,17H,2-4,9-11,20H2,1H3,(H,22,24). The summed E-state index contributed by atoms with van der Waals surface area (Å²) in [4.78, 5) is 16.9. The van der Waals surface area contributed by atoms with E-state index in [0.29, 0.717) is 23.3 Å². The molecule has 2 atom stereocenters. The number of aryl methyl sites for hydroxylation is 1. The lowest BCUT2D eigenvalue weighted by atomic mass is 9.67. The van der Waals surface area contributed by atoms with Gasteiger partial charge in [-0.2, -0.15) is 0 Å². The van der Waals surface area contributed by atoms with Crippen LogP contribution in [0.3, 0.4) is 0 Å². The predicted molar refractivity (Wildman–Crippen MR) is 101 cm³/mol. The molecule has 2 aliphatic rings. The van der Waals surface area contributed by atoms with E-state index in [1.165, 1.54) is 19.3 Å². The molecule has 140 valence electrons. The molecule has 2 heterocycles. The second kappa shape index (κ2) is 7.48. The molecule has 2 aliphatic carbocycles. The fourth-order valence-electron chi connectivity index (χ4n) is 4.45. The Bertz CT molecular complexity index is 757. The normalized spacial score (nSPS) is 28.1. The van der Waals surface area contributed by atoms with Gasteiger partial charge < -0.3 is 20.0 Å². The first-order valence-electron chi connectivity index (χ1n) is 9.35. The smallest absolute Gasteiger partial charge is 0.287 e. The molecule has 0 spiro atoms. The first-order chi connectivity index (χ1) is 12.6. The molecule has 2 bridgehead atoms. The van der Waals surface area contributed by atoms with Gasteiger partial charge in [-0.3, -0.25) is 4.79 Å². The van der Waals surface area contributed by atoms with Crippen molar-refractivity contribution in [3.8, 4) is 0 Å². The zero-order valence-electron chi connectivity index (χ0n) is 15.1. The average molecular weight is 375 g/mol. The predicted octanol–water partition coefficient (Wildman–Crippen LogP) is 2.94. The first-order valence-corrected chi connectivity index (χ1v) is 10.3. The van der Waals surface area contributed by atoms with Crippen LogP contribution in [0.1, 0.15) is 48.4 Å². The summed E-state index contributed by atoms with van der Waals surface area (Å²) in [7, 11) is 1.96. The lowest BCUT2D eigenvalue weighted by Crippen LogP contribution is -2.53. The van der Waals surface area contributed by atoms with Gasteiger partial charge >= 0.3 is 0 Å². The van der Waals surface area contributed by atoms with E-state index in [0.717, 1.165) is 23.8 Å². The summed E-state index contributed by atoms with van der Waals surface area (Å²) < 4.78 is 7.74. The van der Waals surface area contributed by atoms with Crippen molar-refractivity contribution in [1.82, 2.24) is 14.9 Å². The van der Waals surface area contributed by atoms with E-state index in [-0.39, 0.29) is 18.0 Å². The largest absolute Gasteiger partial charge is 0.455 e. The maximum Gasteiger partial charge on any atom is 0.287 e. The highest BCUT2D eigenvalue weighted by Gasteiger charge is 2.40. The summed E-state index contributed by atoms with van der Waals surface area (Å²) >= 11 is 1.59. The lowest BCUT2D eigenvalue weighted by Gasteiger charge is -2.45. The van der Waals surface area contributed by atoms with E-state index >= 15 is 0 Å². The Hall–Kier alpha value is -1.73.